The van der Waals surface area contributed by atoms with Gasteiger partial charge in [-0.05, 0) is 30.7 Å². The van der Waals surface area contributed by atoms with Gasteiger partial charge in [-0.1, -0.05) is 34.1 Å². The first-order chi connectivity index (χ1) is 11.0. The number of hydrogen-bond donors (Lipinski definition) is 3. The van der Waals surface area contributed by atoms with Crippen LogP contribution in [0.25, 0.3) is 10.9 Å². The van der Waals surface area contributed by atoms with Gasteiger partial charge >= 0.3 is 0 Å². The first-order valence-electron chi connectivity index (χ1n) is 6.72. The Morgan fingerprint density at radius 1 is 1.22 bits per heavy atom. The molecule has 0 saturated carbocycles. The number of carbonyl (C=O) groups excluding carboxylic acids is 1. The summed E-state index contributed by atoms with van der Waals surface area (Å²) in [4.78, 5) is 14.9. The Bertz CT molecular complexity index is 947. The highest BCUT2D eigenvalue weighted by molar-refractivity contribution is 9.10. The number of aromatic nitrogens is 1. The summed E-state index contributed by atoms with van der Waals surface area (Å²) >= 11 is 3.23. The molecule has 0 radical (unpaired) electrons. The maximum absolute atomic E-state index is 12.1. The Hall–Kier alpha value is -2.67. The predicted molar refractivity (Wildman–Crippen MR) is 89.4 cm³/mol. The molecule has 0 unspecified atom stereocenters. The number of hydrogen-bond acceptors (Lipinski definition) is 4. The van der Waals surface area contributed by atoms with E-state index in [1.54, 1.807) is 12.1 Å². The molecule has 0 bridgehead atoms. The Morgan fingerprint density at radius 2 is 2.00 bits per heavy atom. The number of nitrogens with one attached hydrogen (secondary N) is 1. The van der Waals surface area contributed by atoms with Crippen LogP contribution in [-0.2, 0) is 0 Å². The Morgan fingerprint density at radius 3 is 2.78 bits per heavy atom. The van der Waals surface area contributed by atoms with Gasteiger partial charge in [0.05, 0.1) is 11.1 Å². The molecule has 1 aromatic heterocycles. The smallest absolute Gasteiger partial charge is 0.299 e. The van der Waals surface area contributed by atoms with Crippen LogP contribution in [-0.4, -0.2) is 21.1 Å². The number of aromatic amines is 1. The molecule has 0 aliphatic heterocycles. The predicted octanol–water partition coefficient (Wildman–Crippen LogP) is 4.57. The molecule has 0 spiro atoms. The number of H-pyrrole nitrogens is 1. The Kier molecular flexibility index (Phi) is 3.87. The number of phenols is 1. The summed E-state index contributed by atoms with van der Waals surface area (Å²) in [6.07, 6.45) is 0. The minimum atomic E-state index is -0.704. The molecule has 6 nitrogen and oxygen atoms in total. The average Bonchev–Trinajstić information content (AvgIpc) is 2.84. The van der Waals surface area contributed by atoms with Crippen molar-refractivity contribution in [2.75, 3.05) is 0 Å². The van der Waals surface area contributed by atoms with Crippen LogP contribution < -0.4 is 0 Å². The number of azo groups is 1. The topological polar surface area (TPSA) is 98.0 Å². The SMILES string of the molecule is Cc1cccc2c(N=NC(=O)c3cc(Br)ccc3O)c(O)[nH]c12. The van der Waals surface area contributed by atoms with E-state index in [9.17, 15) is 15.0 Å². The largest absolute Gasteiger partial charge is 0.507 e. The van der Waals surface area contributed by atoms with Gasteiger partial charge in [-0.3, -0.25) is 4.79 Å². The minimum Gasteiger partial charge on any atom is -0.507 e. The number of aromatic hydroxyl groups is 2. The van der Waals surface area contributed by atoms with Gasteiger partial charge in [0.15, 0.2) is 5.69 Å². The van der Waals surface area contributed by atoms with Gasteiger partial charge < -0.3 is 15.2 Å². The molecule has 0 aliphatic carbocycles. The lowest BCUT2D eigenvalue weighted by molar-refractivity contribution is 0.0992. The number of benzene rings is 2. The van der Waals surface area contributed by atoms with E-state index < -0.39 is 5.91 Å². The van der Waals surface area contributed by atoms with E-state index in [-0.39, 0.29) is 22.9 Å². The molecule has 0 atom stereocenters. The molecule has 2 aromatic carbocycles. The highest BCUT2D eigenvalue weighted by Crippen LogP contribution is 2.36. The summed E-state index contributed by atoms with van der Waals surface area (Å²) in [7, 11) is 0. The zero-order valence-corrected chi connectivity index (χ0v) is 13.6. The van der Waals surface area contributed by atoms with Gasteiger partial charge in [0.25, 0.3) is 5.91 Å². The van der Waals surface area contributed by atoms with Gasteiger partial charge in [-0.25, -0.2) is 0 Å². The van der Waals surface area contributed by atoms with Gasteiger partial charge in [0, 0.05) is 9.86 Å². The zero-order chi connectivity index (χ0) is 16.6. The first-order valence-corrected chi connectivity index (χ1v) is 7.51. The molecule has 0 saturated heterocycles. The van der Waals surface area contributed by atoms with Gasteiger partial charge in [0.1, 0.15) is 5.75 Å². The van der Waals surface area contributed by atoms with Crippen LogP contribution in [0.4, 0.5) is 5.69 Å². The van der Waals surface area contributed by atoms with E-state index in [1.165, 1.54) is 12.1 Å². The second-order valence-electron chi connectivity index (χ2n) is 4.99. The third-order valence-corrected chi connectivity index (χ3v) is 3.92. The monoisotopic (exact) mass is 373 g/mol. The fourth-order valence-electron chi connectivity index (χ4n) is 2.27. The third-order valence-electron chi connectivity index (χ3n) is 3.43. The Labute approximate surface area is 139 Å². The molecule has 3 aromatic rings. The molecule has 0 fully saturated rings. The summed E-state index contributed by atoms with van der Waals surface area (Å²) in [6.45, 7) is 1.89. The fourth-order valence-corrected chi connectivity index (χ4v) is 2.63. The van der Waals surface area contributed by atoms with Crippen LogP contribution in [0.2, 0.25) is 0 Å². The van der Waals surface area contributed by atoms with Crippen molar-refractivity contribution in [1.82, 2.24) is 4.98 Å². The highest BCUT2D eigenvalue weighted by atomic mass is 79.9. The average molecular weight is 374 g/mol. The van der Waals surface area contributed by atoms with Crippen LogP contribution in [0.1, 0.15) is 15.9 Å². The van der Waals surface area contributed by atoms with Crippen molar-refractivity contribution in [2.24, 2.45) is 10.2 Å². The lowest BCUT2D eigenvalue weighted by atomic mass is 10.1. The van der Waals surface area contributed by atoms with Crippen LogP contribution in [0.15, 0.2) is 51.1 Å². The summed E-state index contributed by atoms with van der Waals surface area (Å²) in [5.74, 6) is -1.05. The first kappa shape index (κ1) is 15.2. The number of para-hydroxylation sites is 1. The van der Waals surface area contributed by atoms with Crippen LogP contribution >= 0.6 is 15.9 Å². The van der Waals surface area contributed by atoms with E-state index >= 15 is 0 Å². The number of fused-ring (bicyclic) bond motifs is 1. The van der Waals surface area contributed by atoms with Crippen LogP contribution in [0.3, 0.4) is 0 Å². The zero-order valence-electron chi connectivity index (χ0n) is 12.0. The van der Waals surface area contributed by atoms with Crippen molar-refractivity contribution in [3.63, 3.8) is 0 Å². The van der Waals surface area contributed by atoms with E-state index in [0.717, 1.165) is 11.1 Å². The molecule has 1 amide bonds. The summed E-state index contributed by atoms with van der Waals surface area (Å²) in [5.41, 5.74) is 1.89. The molecule has 116 valence electrons. The Balaban J connectivity index is 2.00. The van der Waals surface area contributed by atoms with Gasteiger partial charge in [0.2, 0.25) is 5.88 Å². The number of phenolic OH excluding ortho intramolecular Hbond substituents is 1. The van der Waals surface area contributed by atoms with Crippen molar-refractivity contribution in [1.29, 1.82) is 0 Å². The van der Waals surface area contributed by atoms with Gasteiger partial charge in [-0.2, -0.15) is 0 Å². The van der Waals surface area contributed by atoms with E-state index in [4.69, 9.17) is 0 Å². The number of aryl methyl sites for hydroxylation is 1. The van der Waals surface area contributed by atoms with Crippen molar-refractivity contribution < 1.29 is 15.0 Å². The van der Waals surface area contributed by atoms with Crippen molar-refractivity contribution in [2.45, 2.75) is 6.92 Å². The standard InChI is InChI=1S/C16H12BrN3O3/c1-8-3-2-4-10-13(8)18-16(23)14(10)19-20-15(22)11-7-9(17)5-6-12(11)21/h2-7,18,21,23H,1H3. The lowest BCUT2D eigenvalue weighted by Gasteiger charge is -1.99. The quantitative estimate of drug-likeness (QED) is 0.573. The molecule has 1 heterocycles. The number of carbonyl (C=O) groups is 1. The highest BCUT2D eigenvalue weighted by Gasteiger charge is 2.14. The molecule has 7 heteroatoms. The van der Waals surface area contributed by atoms with E-state index in [2.05, 4.69) is 31.1 Å². The molecule has 3 N–H and O–H groups in total. The lowest BCUT2D eigenvalue weighted by Crippen LogP contribution is -1.94. The summed E-state index contributed by atoms with van der Waals surface area (Å²) in [6, 6.07) is 9.94. The van der Waals surface area contributed by atoms with Gasteiger partial charge in [-0.15, -0.1) is 10.2 Å². The van der Waals surface area contributed by atoms with Crippen LogP contribution in [0, 0.1) is 6.92 Å². The molecular weight excluding hydrogens is 362 g/mol. The second kappa shape index (κ2) is 5.85. The summed E-state index contributed by atoms with van der Waals surface area (Å²) < 4.78 is 0.638. The second-order valence-corrected chi connectivity index (χ2v) is 5.90. The fraction of sp³-hybridized carbons (Fsp3) is 0.0625. The van der Waals surface area contributed by atoms with Crippen molar-refractivity contribution >= 4 is 38.4 Å². The molecular formula is C16H12BrN3O3. The summed E-state index contributed by atoms with van der Waals surface area (Å²) in [5, 5.41) is 27.8. The molecule has 0 aliphatic rings. The minimum absolute atomic E-state index is 0.0265. The molecule has 23 heavy (non-hydrogen) atoms. The maximum atomic E-state index is 12.1. The van der Waals surface area contributed by atoms with E-state index in [0.29, 0.717) is 9.86 Å². The third kappa shape index (κ3) is 2.83. The van der Waals surface area contributed by atoms with Crippen molar-refractivity contribution in [3.8, 4) is 11.6 Å². The number of rotatable bonds is 2. The molecule has 3 rings (SSSR count). The normalized spacial score (nSPS) is 11.4. The number of nitrogens with zero attached hydrogens (tertiary/aromatic N) is 2. The van der Waals surface area contributed by atoms with E-state index in [1.807, 2.05) is 19.1 Å². The van der Waals surface area contributed by atoms with Crippen LogP contribution in [0.5, 0.6) is 11.6 Å². The van der Waals surface area contributed by atoms with Crippen molar-refractivity contribution in [3.05, 3.63) is 52.0 Å². The number of halogens is 1. The maximum Gasteiger partial charge on any atom is 0.299 e. The number of amides is 1.